The Morgan fingerprint density at radius 3 is 2.30 bits per heavy atom. The highest BCUT2D eigenvalue weighted by atomic mass is 32.2. The van der Waals surface area contributed by atoms with Gasteiger partial charge in [0, 0.05) is 50.6 Å². The highest BCUT2D eigenvalue weighted by Crippen LogP contribution is 2.26. The van der Waals surface area contributed by atoms with Gasteiger partial charge in [0.25, 0.3) is 5.56 Å². The number of anilines is 1. The molecule has 0 saturated carbocycles. The van der Waals surface area contributed by atoms with Crippen molar-refractivity contribution in [1.29, 1.82) is 0 Å². The summed E-state index contributed by atoms with van der Waals surface area (Å²) in [5.74, 6) is -0.160. The van der Waals surface area contributed by atoms with Gasteiger partial charge in [0.05, 0.1) is 24.1 Å². The maximum Gasteiger partial charge on any atom is 0.251 e. The van der Waals surface area contributed by atoms with E-state index in [4.69, 9.17) is 0 Å². The summed E-state index contributed by atoms with van der Waals surface area (Å²) in [6.07, 6.45) is 3.61. The second-order valence-corrected chi connectivity index (χ2v) is 10.1. The van der Waals surface area contributed by atoms with E-state index in [0.29, 0.717) is 10.5 Å². The molecule has 0 aliphatic carbocycles. The Morgan fingerprint density at radius 2 is 1.67 bits per heavy atom. The Labute approximate surface area is 197 Å². The lowest BCUT2D eigenvalue weighted by Gasteiger charge is -2.19. The van der Waals surface area contributed by atoms with Crippen molar-refractivity contribution in [3.05, 3.63) is 82.3 Å². The summed E-state index contributed by atoms with van der Waals surface area (Å²) in [5.41, 5.74) is 4.73. The number of aromatic nitrogens is 1. The fourth-order valence-corrected chi connectivity index (χ4v) is 5.46. The minimum Gasteiger partial charge on any atom is -0.593 e. The monoisotopic (exact) mass is 463 g/mol. The standard InChI is InChI=1S/C26H29N3O3S/c1-19-16-22(10-12-24(19)27(2)3)20-6-8-21(9-7-20)25(30)18-28-17-23(11-13-26(28)31)33(32)29-14-4-5-15-29/h6-13,16-17H,4-5,14-15,18H2,1-3H3. The van der Waals surface area contributed by atoms with Gasteiger partial charge in [-0.05, 0) is 48.6 Å². The molecule has 172 valence electrons. The van der Waals surface area contributed by atoms with E-state index in [1.807, 2.05) is 30.5 Å². The lowest BCUT2D eigenvalue weighted by molar-refractivity contribution is 0.0970. The molecule has 0 N–H and O–H groups in total. The molecule has 3 aromatic rings. The van der Waals surface area contributed by atoms with Crippen LogP contribution in [0.25, 0.3) is 11.1 Å². The normalized spacial score (nSPS) is 14.9. The second-order valence-electron chi connectivity index (χ2n) is 8.61. The first-order valence-electron chi connectivity index (χ1n) is 11.1. The second kappa shape index (κ2) is 9.95. The number of Topliss-reactive ketones (excluding diaryl/α,β-unsaturated/α-hetero) is 1. The number of pyridine rings is 1. The molecule has 2 heterocycles. The molecule has 6 nitrogen and oxygen atoms in total. The van der Waals surface area contributed by atoms with Gasteiger partial charge in [-0.1, -0.05) is 30.3 Å². The molecule has 33 heavy (non-hydrogen) atoms. The molecule has 1 fully saturated rings. The number of nitrogens with zero attached hydrogens (tertiary/aromatic N) is 3. The SMILES string of the molecule is Cc1cc(-c2ccc(C(=O)Cn3cc([S+]([O-])N4CCCC4)ccc3=O)cc2)ccc1N(C)C. The number of hydrogen-bond acceptors (Lipinski definition) is 5. The fraction of sp³-hybridized carbons (Fsp3) is 0.308. The molecule has 1 saturated heterocycles. The molecule has 4 rings (SSSR count). The molecule has 0 bridgehead atoms. The summed E-state index contributed by atoms with van der Waals surface area (Å²) >= 11 is -1.31. The summed E-state index contributed by atoms with van der Waals surface area (Å²) in [6.45, 7) is 3.57. The molecule has 7 heteroatoms. The van der Waals surface area contributed by atoms with Gasteiger partial charge >= 0.3 is 0 Å². The summed E-state index contributed by atoms with van der Waals surface area (Å²) in [5, 5.41) is 0. The van der Waals surface area contributed by atoms with Crippen molar-refractivity contribution in [3.63, 3.8) is 0 Å². The number of carbonyl (C=O) groups excluding carboxylic acids is 1. The Kier molecular flexibility index (Phi) is 7.02. The van der Waals surface area contributed by atoms with Gasteiger partial charge in [0.1, 0.15) is 0 Å². The first-order chi connectivity index (χ1) is 15.8. The lowest BCUT2D eigenvalue weighted by Crippen LogP contribution is -2.30. The maximum absolute atomic E-state index is 12.9. The number of carbonyl (C=O) groups is 1. The summed E-state index contributed by atoms with van der Waals surface area (Å²) in [4.78, 5) is 27.8. The van der Waals surface area contributed by atoms with Gasteiger partial charge in [-0.15, -0.1) is 4.31 Å². The van der Waals surface area contributed by atoms with Crippen molar-refractivity contribution in [2.24, 2.45) is 0 Å². The number of rotatable bonds is 7. The summed E-state index contributed by atoms with van der Waals surface area (Å²) < 4.78 is 16.0. The molecule has 1 aliphatic heterocycles. The molecule has 1 aliphatic rings. The van der Waals surface area contributed by atoms with E-state index in [9.17, 15) is 14.1 Å². The van der Waals surface area contributed by atoms with E-state index in [0.717, 1.165) is 37.1 Å². The van der Waals surface area contributed by atoms with Crippen LogP contribution >= 0.6 is 0 Å². The maximum atomic E-state index is 12.9. The predicted octanol–water partition coefficient (Wildman–Crippen LogP) is 3.89. The van der Waals surface area contributed by atoms with Gasteiger partial charge in [-0.25, -0.2) is 0 Å². The quantitative estimate of drug-likeness (QED) is 0.393. The average Bonchev–Trinajstić information content (AvgIpc) is 3.35. The molecule has 0 amide bonds. The van der Waals surface area contributed by atoms with Crippen LogP contribution in [0, 0.1) is 6.92 Å². The Balaban J connectivity index is 1.49. The lowest BCUT2D eigenvalue weighted by atomic mass is 10.00. The van der Waals surface area contributed by atoms with Crippen molar-refractivity contribution >= 4 is 22.8 Å². The van der Waals surface area contributed by atoms with Gasteiger partial charge < -0.3 is 14.0 Å². The van der Waals surface area contributed by atoms with Crippen LogP contribution in [0.3, 0.4) is 0 Å². The first-order valence-corrected chi connectivity index (χ1v) is 12.2. The Hall–Kier alpha value is -2.87. The minimum absolute atomic E-state index is 0.0835. The number of hydrogen-bond donors (Lipinski definition) is 0. The molecular formula is C26H29N3O3S. The molecule has 1 aromatic heterocycles. The van der Waals surface area contributed by atoms with Crippen molar-refractivity contribution in [2.45, 2.75) is 31.2 Å². The number of aryl methyl sites for hydroxylation is 1. The molecule has 0 spiro atoms. The van der Waals surface area contributed by atoms with E-state index < -0.39 is 11.4 Å². The van der Waals surface area contributed by atoms with Crippen LogP contribution in [0.15, 0.2) is 70.5 Å². The van der Waals surface area contributed by atoms with Crippen LogP contribution in [0.1, 0.15) is 28.8 Å². The third kappa shape index (κ3) is 5.21. The van der Waals surface area contributed by atoms with Crippen LogP contribution in [0.5, 0.6) is 0 Å². The van der Waals surface area contributed by atoms with Crippen molar-refractivity contribution < 1.29 is 9.35 Å². The largest absolute Gasteiger partial charge is 0.593 e. The zero-order valence-electron chi connectivity index (χ0n) is 19.3. The number of benzene rings is 2. The highest BCUT2D eigenvalue weighted by Gasteiger charge is 2.26. The van der Waals surface area contributed by atoms with E-state index >= 15 is 0 Å². The summed E-state index contributed by atoms with van der Waals surface area (Å²) in [7, 11) is 4.04. The van der Waals surface area contributed by atoms with Crippen LogP contribution in [-0.2, 0) is 17.9 Å². The van der Waals surface area contributed by atoms with Gasteiger partial charge in [0.15, 0.2) is 10.7 Å². The first kappa shape index (κ1) is 23.3. The van der Waals surface area contributed by atoms with E-state index in [1.165, 1.54) is 21.9 Å². The van der Waals surface area contributed by atoms with Gasteiger partial charge in [0.2, 0.25) is 0 Å². The molecular weight excluding hydrogens is 434 g/mol. The predicted molar refractivity (Wildman–Crippen MR) is 133 cm³/mol. The zero-order valence-corrected chi connectivity index (χ0v) is 20.1. The topological polar surface area (TPSA) is 68.6 Å². The third-order valence-corrected chi connectivity index (χ3v) is 7.47. The van der Waals surface area contributed by atoms with Crippen LogP contribution in [0.2, 0.25) is 0 Å². The van der Waals surface area contributed by atoms with E-state index in [1.54, 1.807) is 24.4 Å². The third-order valence-electron chi connectivity index (χ3n) is 5.99. The van der Waals surface area contributed by atoms with E-state index in [-0.39, 0.29) is 17.9 Å². The Morgan fingerprint density at radius 1 is 1.00 bits per heavy atom. The van der Waals surface area contributed by atoms with E-state index in [2.05, 4.69) is 30.0 Å². The fourth-order valence-electron chi connectivity index (χ4n) is 4.17. The molecule has 1 unspecified atom stereocenters. The van der Waals surface area contributed by atoms with Crippen LogP contribution < -0.4 is 10.5 Å². The van der Waals surface area contributed by atoms with Crippen LogP contribution in [0.4, 0.5) is 5.69 Å². The van der Waals surface area contributed by atoms with Gasteiger partial charge in [-0.2, -0.15) is 0 Å². The Bertz CT molecular complexity index is 1200. The molecule has 2 aromatic carbocycles. The van der Waals surface area contributed by atoms with Crippen LogP contribution in [-0.4, -0.2) is 46.4 Å². The van der Waals surface area contributed by atoms with Crippen molar-refractivity contribution in [3.8, 4) is 11.1 Å². The smallest absolute Gasteiger partial charge is 0.251 e. The highest BCUT2D eigenvalue weighted by molar-refractivity contribution is 7.89. The molecule has 1 atom stereocenters. The zero-order chi connectivity index (χ0) is 23.5. The summed E-state index contributed by atoms with van der Waals surface area (Å²) in [6, 6.07) is 16.7. The number of ketones is 1. The van der Waals surface area contributed by atoms with Crippen molar-refractivity contribution in [2.75, 3.05) is 32.1 Å². The van der Waals surface area contributed by atoms with Gasteiger partial charge in [-0.3, -0.25) is 9.59 Å². The average molecular weight is 464 g/mol. The molecule has 0 radical (unpaired) electrons. The minimum atomic E-state index is -1.31. The van der Waals surface area contributed by atoms with Crippen molar-refractivity contribution in [1.82, 2.24) is 8.87 Å².